The first-order chi connectivity index (χ1) is 14.3. The molecule has 8 nitrogen and oxygen atoms in total. The summed E-state index contributed by atoms with van der Waals surface area (Å²) in [5, 5.41) is 13.1. The van der Waals surface area contributed by atoms with Gasteiger partial charge < -0.3 is 10.4 Å². The van der Waals surface area contributed by atoms with Crippen molar-refractivity contribution < 1.29 is 24.3 Å². The van der Waals surface area contributed by atoms with Crippen LogP contribution in [-0.2, 0) is 25.6 Å². The van der Waals surface area contributed by atoms with Gasteiger partial charge in [0.15, 0.2) is 5.13 Å². The van der Waals surface area contributed by atoms with Crippen molar-refractivity contribution in [2.24, 2.45) is 5.92 Å². The highest BCUT2D eigenvalue weighted by Crippen LogP contribution is 2.29. The number of nitrogens with one attached hydrogen (secondary N) is 1. The minimum atomic E-state index is -1.02. The summed E-state index contributed by atoms with van der Waals surface area (Å²) < 4.78 is 0. The molecule has 3 amide bonds. The lowest BCUT2D eigenvalue weighted by Crippen LogP contribution is -2.42. The predicted octanol–water partition coefficient (Wildman–Crippen LogP) is 3.16. The number of aryl methyl sites for hydroxylation is 1. The number of nitrogens with zero attached hydrogens (tertiary/aromatic N) is 2. The highest BCUT2D eigenvalue weighted by molar-refractivity contribution is 7.13. The Hall–Kier alpha value is -3.07. The lowest BCUT2D eigenvalue weighted by molar-refractivity contribution is -0.136. The maximum atomic E-state index is 13.0. The van der Waals surface area contributed by atoms with Crippen molar-refractivity contribution in [2.45, 2.75) is 45.4 Å². The molecule has 0 aliphatic heterocycles. The summed E-state index contributed by atoms with van der Waals surface area (Å²) in [7, 11) is 0. The molecule has 9 heteroatoms. The SMILES string of the molecule is Cc1ccc(N(C(=O)CC(=O)Nc2nc(CC(=O)O)cs2)C(=O)C2CCCC2)cc1. The molecule has 0 bridgehead atoms. The summed E-state index contributed by atoms with van der Waals surface area (Å²) in [5.41, 5.74) is 1.78. The van der Waals surface area contributed by atoms with Crippen LogP contribution < -0.4 is 10.2 Å². The largest absolute Gasteiger partial charge is 0.481 e. The number of carboxylic acid groups (broad SMARTS) is 1. The third-order valence-electron chi connectivity index (χ3n) is 4.91. The number of hydrogen-bond acceptors (Lipinski definition) is 6. The number of aromatic nitrogens is 1. The second-order valence-electron chi connectivity index (χ2n) is 7.32. The maximum Gasteiger partial charge on any atom is 0.309 e. The van der Waals surface area contributed by atoms with Gasteiger partial charge in [-0.2, -0.15) is 0 Å². The van der Waals surface area contributed by atoms with Crippen molar-refractivity contribution in [3.05, 3.63) is 40.9 Å². The van der Waals surface area contributed by atoms with Crippen molar-refractivity contribution in [1.82, 2.24) is 4.98 Å². The molecule has 1 aliphatic carbocycles. The Morgan fingerprint density at radius 3 is 2.47 bits per heavy atom. The van der Waals surface area contributed by atoms with E-state index in [-0.39, 0.29) is 23.4 Å². The Balaban J connectivity index is 1.71. The lowest BCUT2D eigenvalue weighted by atomic mass is 10.1. The molecule has 1 heterocycles. The molecule has 3 rings (SSSR count). The van der Waals surface area contributed by atoms with E-state index in [0.717, 1.165) is 47.5 Å². The number of benzene rings is 1. The molecule has 1 aromatic heterocycles. The van der Waals surface area contributed by atoms with Crippen LogP contribution in [0.25, 0.3) is 0 Å². The average Bonchev–Trinajstić information content (AvgIpc) is 3.35. The monoisotopic (exact) mass is 429 g/mol. The Kier molecular flexibility index (Phi) is 6.94. The summed E-state index contributed by atoms with van der Waals surface area (Å²) in [4.78, 5) is 54.2. The summed E-state index contributed by atoms with van der Waals surface area (Å²) in [6, 6.07) is 7.04. The van der Waals surface area contributed by atoms with Crippen LogP contribution in [0.3, 0.4) is 0 Å². The highest BCUT2D eigenvalue weighted by atomic mass is 32.1. The molecule has 0 spiro atoms. The summed E-state index contributed by atoms with van der Waals surface area (Å²) in [5.74, 6) is -2.71. The number of carboxylic acids is 1. The number of amides is 3. The maximum absolute atomic E-state index is 13.0. The summed E-state index contributed by atoms with van der Waals surface area (Å²) in [6.45, 7) is 1.91. The van der Waals surface area contributed by atoms with Gasteiger partial charge in [0, 0.05) is 11.3 Å². The number of anilines is 2. The fraction of sp³-hybridized carbons (Fsp3) is 0.381. The number of rotatable bonds is 7. The third kappa shape index (κ3) is 5.50. The van der Waals surface area contributed by atoms with Gasteiger partial charge >= 0.3 is 5.97 Å². The zero-order chi connectivity index (χ0) is 21.7. The number of hydrogen-bond donors (Lipinski definition) is 2. The van der Waals surface area contributed by atoms with E-state index in [9.17, 15) is 19.2 Å². The normalized spacial score (nSPS) is 13.8. The molecular formula is C21H23N3O5S. The van der Waals surface area contributed by atoms with Gasteiger partial charge in [0.25, 0.3) is 0 Å². The fourth-order valence-corrected chi connectivity index (χ4v) is 4.15. The molecule has 2 aromatic rings. The first kappa shape index (κ1) is 21.6. The Morgan fingerprint density at radius 2 is 1.83 bits per heavy atom. The average molecular weight is 429 g/mol. The quantitative estimate of drug-likeness (QED) is 0.653. The summed E-state index contributed by atoms with van der Waals surface area (Å²) >= 11 is 1.08. The van der Waals surface area contributed by atoms with Crippen molar-refractivity contribution in [3.8, 4) is 0 Å². The highest BCUT2D eigenvalue weighted by Gasteiger charge is 2.32. The van der Waals surface area contributed by atoms with Crippen LogP contribution in [0.1, 0.15) is 43.4 Å². The number of aliphatic carboxylic acids is 1. The third-order valence-corrected chi connectivity index (χ3v) is 5.72. The van der Waals surface area contributed by atoms with Crippen LogP contribution >= 0.6 is 11.3 Å². The van der Waals surface area contributed by atoms with E-state index < -0.39 is 24.2 Å². The number of carbonyl (C=O) groups excluding carboxylic acids is 3. The standard InChI is InChI=1S/C21H23N3O5S/c1-13-6-8-16(9-7-13)24(20(29)14-4-2-3-5-14)18(26)11-17(25)23-21-22-15(12-30-21)10-19(27)28/h6-9,12,14H,2-5,10-11H2,1H3,(H,27,28)(H,22,23,25). The molecule has 1 aliphatic rings. The summed E-state index contributed by atoms with van der Waals surface area (Å²) in [6.07, 6.45) is 2.63. The van der Waals surface area contributed by atoms with Gasteiger partial charge in [-0.15, -0.1) is 11.3 Å². The van der Waals surface area contributed by atoms with Crippen LogP contribution in [0.5, 0.6) is 0 Å². The van der Waals surface area contributed by atoms with Gasteiger partial charge in [-0.3, -0.25) is 19.2 Å². The second kappa shape index (κ2) is 9.62. The molecule has 1 fully saturated rings. The van der Waals surface area contributed by atoms with Gasteiger partial charge in [0.2, 0.25) is 17.7 Å². The molecule has 2 N–H and O–H groups in total. The topological polar surface area (TPSA) is 117 Å². The van der Waals surface area contributed by atoms with E-state index in [1.165, 1.54) is 5.38 Å². The van der Waals surface area contributed by atoms with Gasteiger partial charge in [0.1, 0.15) is 6.42 Å². The van der Waals surface area contributed by atoms with E-state index in [0.29, 0.717) is 11.4 Å². The van der Waals surface area contributed by atoms with E-state index in [1.54, 1.807) is 12.1 Å². The molecule has 30 heavy (non-hydrogen) atoms. The van der Waals surface area contributed by atoms with Gasteiger partial charge in [0.05, 0.1) is 17.8 Å². The van der Waals surface area contributed by atoms with Crippen molar-refractivity contribution in [3.63, 3.8) is 0 Å². The molecule has 0 atom stereocenters. The number of thiazole rings is 1. The predicted molar refractivity (Wildman–Crippen MR) is 112 cm³/mol. The number of imide groups is 1. The molecular weight excluding hydrogens is 406 g/mol. The Bertz CT molecular complexity index is 948. The first-order valence-corrected chi connectivity index (χ1v) is 10.6. The second-order valence-corrected chi connectivity index (χ2v) is 8.18. The molecule has 1 aromatic carbocycles. The van der Waals surface area contributed by atoms with E-state index in [4.69, 9.17) is 5.11 Å². The number of carbonyl (C=O) groups is 4. The van der Waals surface area contributed by atoms with Crippen LogP contribution in [-0.4, -0.2) is 33.8 Å². The molecule has 0 saturated heterocycles. The Labute approximate surface area is 177 Å². The zero-order valence-electron chi connectivity index (χ0n) is 16.6. The van der Waals surface area contributed by atoms with Crippen LogP contribution in [0, 0.1) is 12.8 Å². The first-order valence-electron chi connectivity index (χ1n) is 9.73. The molecule has 1 saturated carbocycles. The molecule has 0 radical (unpaired) electrons. The Morgan fingerprint density at radius 1 is 1.17 bits per heavy atom. The minimum absolute atomic E-state index is 0.212. The smallest absolute Gasteiger partial charge is 0.309 e. The van der Waals surface area contributed by atoms with Crippen LogP contribution in [0.15, 0.2) is 29.6 Å². The lowest BCUT2D eigenvalue weighted by Gasteiger charge is -2.24. The minimum Gasteiger partial charge on any atom is -0.481 e. The van der Waals surface area contributed by atoms with Crippen LogP contribution in [0.4, 0.5) is 10.8 Å². The van der Waals surface area contributed by atoms with Crippen molar-refractivity contribution >= 4 is 45.8 Å². The van der Waals surface area contributed by atoms with E-state index in [1.807, 2.05) is 19.1 Å². The van der Waals surface area contributed by atoms with Gasteiger partial charge in [-0.05, 0) is 31.9 Å². The van der Waals surface area contributed by atoms with Gasteiger partial charge in [-0.25, -0.2) is 9.88 Å². The molecule has 158 valence electrons. The van der Waals surface area contributed by atoms with Crippen molar-refractivity contribution in [2.75, 3.05) is 10.2 Å². The van der Waals surface area contributed by atoms with Crippen molar-refractivity contribution in [1.29, 1.82) is 0 Å². The molecule has 0 unspecified atom stereocenters. The zero-order valence-corrected chi connectivity index (χ0v) is 17.4. The van der Waals surface area contributed by atoms with E-state index >= 15 is 0 Å². The van der Waals surface area contributed by atoms with E-state index in [2.05, 4.69) is 10.3 Å². The fourth-order valence-electron chi connectivity index (χ4n) is 3.42. The van der Waals surface area contributed by atoms with Gasteiger partial charge in [-0.1, -0.05) is 30.5 Å². The van der Waals surface area contributed by atoms with Crippen LogP contribution in [0.2, 0.25) is 0 Å².